The molecule has 2 aliphatic rings. The number of carbonyl (C=O) groups excluding carboxylic acids is 1. The maximum atomic E-state index is 13.1. The Balaban J connectivity index is 1.30. The molecule has 30 heavy (non-hydrogen) atoms. The van der Waals surface area contributed by atoms with E-state index in [2.05, 4.69) is 5.32 Å². The maximum absolute atomic E-state index is 13.1. The Morgan fingerprint density at radius 1 is 0.967 bits per heavy atom. The van der Waals surface area contributed by atoms with Gasteiger partial charge in [0, 0.05) is 32.7 Å². The Kier molecular flexibility index (Phi) is 5.78. The molecule has 0 atom stereocenters. The molecule has 2 aliphatic heterocycles. The Morgan fingerprint density at radius 3 is 2.33 bits per heavy atom. The van der Waals surface area contributed by atoms with E-state index in [-0.39, 0.29) is 37.1 Å². The van der Waals surface area contributed by atoms with Gasteiger partial charge in [0.15, 0.2) is 11.5 Å². The fourth-order valence-electron chi connectivity index (χ4n) is 3.37. The average molecular weight is 435 g/mol. The van der Waals surface area contributed by atoms with Crippen LogP contribution in [0.4, 0.5) is 9.18 Å². The monoisotopic (exact) mass is 435 g/mol. The number of hydrogen-bond acceptors (Lipinski definition) is 5. The summed E-state index contributed by atoms with van der Waals surface area (Å²) in [5.41, 5.74) is 0.880. The van der Waals surface area contributed by atoms with Crippen molar-refractivity contribution in [1.82, 2.24) is 14.5 Å². The number of carbonyl (C=O) groups is 1. The van der Waals surface area contributed by atoms with Crippen molar-refractivity contribution in [2.75, 3.05) is 39.4 Å². The first-order valence-electron chi connectivity index (χ1n) is 9.60. The summed E-state index contributed by atoms with van der Waals surface area (Å²) in [5.74, 6) is 0.857. The van der Waals surface area contributed by atoms with E-state index in [0.29, 0.717) is 31.3 Å². The van der Waals surface area contributed by atoms with E-state index in [9.17, 15) is 17.6 Å². The lowest BCUT2D eigenvalue weighted by Gasteiger charge is -2.34. The summed E-state index contributed by atoms with van der Waals surface area (Å²) in [5, 5.41) is 2.85. The standard InChI is InChI=1S/C20H22FN3O5S/c21-16-2-4-17(5-3-16)30(26,27)24-9-7-23(8-10-24)20(25)22-14-15-1-6-18-19(13-15)29-12-11-28-18/h1-6,13H,7-12,14H2,(H,22,25). The van der Waals surface area contributed by atoms with Gasteiger partial charge >= 0.3 is 6.03 Å². The van der Waals surface area contributed by atoms with Gasteiger partial charge in [-0.2, -0.15) is 4.31 Å². The number of halogens is 1. The second-order valence-corrected chi connectivity index (χ2v) is 8.92. The molecule has 0 aliphatic carbocycles. The number of benzene rings is 2. The average Bonchev–Trinajstić information content (AvgIpc) is 2.77. The normalized spacial score (nSPS) is 16.9. The maximum Gasteiger partial charge on any atom is 0.317 e. The minimum Gasteiger partial charge on any atom is -0.486 e. The molecule has 0 spiro atoms. The molecule has 2 amide bonds. The number of ether oxygens (including phenoxy) is 2. The van der Waals surface area contributed by atoms with Crippen LogP contribution in [0.3, 0.4) is 0 Å². The van der Waals surface area contributed by atoms with Crippen LogP contribution < -0.4 is 14.8 Å². The predicted molar refractivity (Wildman–Crippen MR) is 106 cm³/mol. The second kappa shape index (κ2) is 8.49. The number of amides is 2. The molecule has 0 unspecified atom stereocenters. The zero-order valence-corrected chi connectivity index (χ0v) is 17.0. The SMILES string of the molecule is O=C(NCc1ccc2c(c1)OCCO2)N1CCN(S(=O)(=O)c2ccc(F)cc2)CC1. The van der Waals surface area contributed by atoms with Gasteiger partial charge in [0.2, 0.25) is 10.0 Å². The minimum atomic E-state index is -3.71. The number of rotatable bonds is 4. The van der Waals surface area contributed by atoms with Gasteiger partial charge in [-0.1, -0.05) is 6.07 Å². The van der Waals surface area contributed by atoms with E-state index >= 15 is 0 Å². The third-order valence-corrected chi connectivity index (χ3v) is 6.94. The van der Waals surface area contributed by atoms with Crippen molar-refractivity contribution in [3.63, 3.8) is 0 Å². The quantitative estimate of drug-likeness (QED) is 0.792. The Bertz CT molecular complexity index is 1020. The van der Waals surface area contributed by atoms with Crippen LogP contribution >= 0.6 is 0 Å². The van der Waals surface area contributed by atoms with Crippen molar-refractivity contribution in [3.8, 4) is 11.5 Å². The molecule has 0 radical (unpaired) electrons. The van der Waals surface area contributed by atoms with Crippen molar-refractivity contribution >= 4 is 16.1 Å². The molecule has 1 saturated heterocycles. The summed E-state index contributed by atoms with van der Waals surface area (Å²) in [6.45, 7) is 2.23. The molecule has 0 bridgehead atoms. The van der Waals surface area contributed by atoms with E-state index in [1.807, 2.05) is 18.2 Å². The molecule has 1 fully saturated rings. The smallest absolute Gasteiger partial charge is 0.317 e. The third kappa shape index (κ3) is 4.34. The molecule has 160 valence electrons. The first-order valence-corrected chi connectivity index (χ1v) is 11.0. The summed E-state index contributed by atoms with van der Waals surface area (Å²) in [7, 11) is -3.71. The van der Waals surface area contributed by atoms with E-state index in [1.165, 1.54) is 16.4 Å². The number of nitrogens with one attached hydrogen (secondary N) is 1. The van der Waals surface area contributed by atoms with Gasteiger partial charge in [-0.15, -0.1) is 0 Å². The highest BCUT2D eigenvalue weighted by atomic mass is 32.2. The topological polar surface area (TPSA) is 88.2 Å². The van der Waals surface area contributed by atoms with Crippen LogP contribution in [0.1, 0.15) is 5.56 Å². The van der Waals surface area contributed by atoms with Gasteiger partial charge in [0.05, 0.1) is 4.90 Å². The lowest BCUT2D eigenvalue weighted by Crippen LogP contribution is -2.52. The first kappa shape index (κ1) is 20.4. The fourth-order valence-corrected chi connectivity index (χ4v) is 4.80. The summed E-state index contributed by atoms with van der Waals surface area (Å²) >= 11 is 0. The van der Waals surface area contributed by atoms with Crippen LogP contribution in [0.5, 0.6) is 11.5 Å². The number of urea groups is 1. The van der Waals surface area contributed by atoms with E-state index in [1.54, 1.807) is 4.90 Å². The second-order valence-electron chi connectivity index (χ2n) is 6.98. The van der Waals surface area contributed by atoms with Gasteiger partial charge in [0.25, 0.3) is 0 Å². The lowest BCUT2D eigenvalue weighted by atomic mass is 10.2. The van der Waals surface area contributed by atoms with Crippen molar-refractivity contribution in [2.45, 2.75) is 11.4 Å². The van der Waals surface area contributed by atoms with Crippen molar-refractivity contribution < 1.29 is 27.1 Å². The Labute approximate surface area is 174 Å². The molecule has 0 aromatic heterocycles. The van der Waals surface area contributed by atoms with Crippen molar-refractivity contribution in [1.29, 1.82) is 0 Å². The van der Waals surface area contributed by atoms with Gasteiger partial charge in [0.1, 0.15) is 19.0 Å². The van der Waals surface area contributed by atoms with E-state index in [0.717, 1.165) is 17.7 Å². The summed E-state index contributed by atoms with van der Waals surface area (Å²) in [6, 6.07) is 9.98. The highest BCUT2D eigenvalue weighted by Crippen LogP contribution is 2.30. The molecule has 0 saturated carbocycles. The highest BCUT2D eigenvalue weighted by Gasteiger charge is 2.30. The minimum absolute atomic E-state index is 0.0420. The number of nitrogens with zero attached hydrogens (tertiary/aromatic N) is 2. The third-order valence-electron chi connectivity index (χ3n) is 5.03. The Morgan fingerprint density at radius 2 is 1.63 bits per heavy atom. The lowest BCUT2D eigenvalue weighted by molar-refractivity contribution is 0.170. The summed E-state index contributed by atoms with van der Waals surface area (Å²) in [6.07, 6.45) is 0. The molecule has 4 rings (SSSR count). The molecule has 2 heterocycles. The van der Waals surface area contributed by atoms with Crippen LogP contribution in [0.25, 0.3) is 0 Å². The zero-order chi connectivity index (χ0) is 21.1. The molecule has 1 N–H and O–H groups in total. The fraction of sp³-hybridized carbons (Fsp3) is 0.350. The van der Waals surface area contributed by atoms with Crippen LogP contribution in [0.15, 0.2) is 47.4 Å². The molecule has 2 aromatic carbocycles. The largest absolute Gasteiger partial charge is 0.486 e. The van der Waals surface area contributed by atoms with Crippen LogP contribution in [-0.2, 0) is 16.6 Å². The van der Waals surface area contributed by atoms with E-state index < -0.39 is 15.8 Å². The molecular formula is C20H22FN3O5S. The van der Waals surface area contributed by atoms with E-state index in [4.69, 9.17) is 9.47 Å². The number of sulfonamides is 1. The van der Waals surface area contributed by atoms with Gasteiger partial charge in [-0.25, -0.2) is 17.6 Å². The van der Waals surface area contributed by atoms with Crippen LogP contribution in [0, 0.1) is 5.82 Å². The number of fused-ring (bicyclic) bond motifs is 1. The number of piperazine rings is 1. The number of hydrogen-bond donors (Lipinski definition) is 1. The van der Waals surface area contributed by atoms with Gasteiger partial charge in [-0.05, 0) is 42.0 Å². The van der Waals surface area contributed by atoms with Crippen LogP contribution in [0.2, 0.25) is 0 Å². The predicted octanol–water partition coefficient (Wildman–Crippen LogP) is 1.81. The van der Waals surface area contributed by atoms with Gasteiger partial charge in [-0.3, -0.25) is 0 Å². The molecule has 8 nitrogen and oxygen atoms in total. The van der Waals surface area contributed by atoms with Crippen molar-refractivity contribution in [2.24, 2.45) is 0 Å². The first-order chi connectivity index (χ1) is 14.4. The van der Waals surface area contributed by atoms with Gasteiger partial charge < -0.3 is 19.7 Å². The van der Waals surface area contributed by atoms with Crippen LogP contribution in [-0.4, -0.2) is 63.0 Å². The summed E-state index contributed by atoms with van der Waals surface area (Å²) in [4.78, 5) is 14.1. The summed E-state index contributed by atoms with van der Waals surface area (Å²) < 4.78 is 50.7. The Hall–Kier alpha value is -2.85. The molecular weight excluding hydrogens is 413 g/mol. The van der Waals surface area contributed by atoms with Crippen molar-refractivity contribution in [3.05, 3.63) is 53.8 Å². The molecule has 10 heteroatoms. The molecule has 2 aromatic rings. The highest BCUT2D eigenvalue weighted by molar-refractivity contribution is 7.89. The zero-order valence-electron chi connectivity index (χ0n) is 16.2.